The highest BCUT2D eigenvalue weighted by molar-refractivity contribution is 7.90. The van der Waals surface area contributed by atoms with Crippen molar-refractivity contribution in [2.24, 2.45) is 5.41 Å². The molecule has 1 aromatic carbocycles. The van der Waals surface area contributed by atoms with Gasteiger partial charge in [0, 0.05) is 0 Å². The Hall–Kier alpha value is -0.870. The number of benzene rings is 1. The van der Waals surface area contributed by atoms with E-state index < -0.39 is 20.3 Å². The molecule has 0 aliphatic carbocycles. The summed E-state index contributed by atoms with van der Waals surface area (Å²) >= 11 is 0. The second-order valence-electron chi connectivity index (χ2n) is 8.78. The van der Waals surface area contributed by atoms with Crippen molar-refractivity contribution < 1.29 is 8.42 Å². The number of rotatable bonds is 4. The maximum atomic E-state index is 12.4. The first-order valence-corrected chi connectivity index (χ1v) is 9.25. The van der Waals surface area contributed by atoms with Crippen LogP contribution in [0.15, 0.2) is 24.3 Å². The Labute approximate surface area is 136 Å². The topological polar surface area (TPSA) is 46.2 Å². The molecule has 0 aliphatic heterocycles. The van der Waals surface area contributed by atoms with Crippen molar-refractivity contribution in [3.05, 3.63) is 35.4 Å². The van der Waals surface area contributed by atoms with Crippen molar-refractivity contribution in [2.45, 2.75) is 72.1 Å². The molecule has 0 saturated carbocycles. The average Bonchev–Trinajstić information content (AvgIpc) is 2.24. The Kier molecular flexibility index (Phi) is 5.20. The molecule has 126 valence electrons. The minimum atomic E-state index is -3.39. The molecule has 3 nitrogen and oxygen atoms in total. The van der Waals surface area contributed by atoms with E-state index in [9.17, 15) is 8.42 Å². The normalized spacial score (nSPS) is 14.2. The summed E-state index contributed by atoms with van der Waals surface area (Å²) in [6.45, 7) is 15.5. The highest BCUT2D eigenvalue weighted by Gasteiger charge is 2.35. The highest BCUT2D eigenvalue weighted by Crippen LogP contribution is 2.27. The van der Waals surface area contributed by atoms with Gasteiger partial charge >= 0.3 is 0 Å². The summed E-state index contributed by atoms with van der Waals surface area (Å²) in [7, 11) is -3.39. The van der Waals surface area contributed by atoms with Crippen molar-refractivity contribution in [1.82, 2.24) is 4.72 Å². The van der Waals surface area contributed by atoms with E-state index in [1.165, 1.54) is 5.56 Å². The molecule has 0 bridgehead atoms. The molecule has 22 heavy (non-hydrogen) atoms. The predicted octanol–water partition coefficient (Wildman–Crippen LogP) is 4.23. The van der Waals surface area contributed by atoms with Gasteiger partial charge in [0.15, 0.2) is 0 Å². The van der Waals surface area contributed by atoms with Crippen LogP contribution in [0.4, 0.5) is 0 Å². The van der Waals surface area contributed by atoms with E-state index in [4.69, 9.17) is 0 Å². The molecule has 1 N–H and O–H groups in total. The van der Waals surface area contributed by atoms with Crippen LogP contribution >= 0.6 is 0 Å². The molecule has 1 rings (SSSR count). The fourth-order valence-corrected chi connectivity index (χ4v) is 3.30. The fraction of sp³-hybridized carbons (Fsp3) is 0.667. The Morgan fingerprint density at radius 1 is 0.864 bits per heavy atom. The van der Waals surface area contributed by atoms with Gasteiger partial charge in [-0.25, -0.2) is 13.1 Å². The van der Waals surface area contributed by atoms with Crippen LogP contribution in [0.3, 0.4) is 0 Å². The van der Waals surface area contributed by atoms with Crippen LogP contribution in [-0.2, 0) is 22.0 Å². The maximum absolute atomic E-state index is 12.4. The summed E-state index contributed by atoms with van der Waals surface area (Å²) in [5.41, 5.74) is 1.85. The maximum Gasteiger partial charge on any atom is 0.217 e. The first-order chi connectivity index (χ1) is 9.64. The van der Waals surface area contributed by atoms with Gasteiger partial charge < -0.3 is 0 Å². The second-order valence-corrected chi connectivity index (χ2v) is 11.2. The van der Waals surface area contributed by atoms with E-state index in [1.54, 1.807) is 20.8 Å². The van der Waals surface area contributed by atoms with Crippen LogP contribution in [-0.4, -0.2) is 13.2 Å². The van der Waals surface area contributed by atoms with Crippen molar-refractivity contribution >= 4 is 10.0 Å². The molecule has 0 aliphatic rings. The first kappa shape index (κ1) is 19.2. The zero-order chi connectivity index (χ0) is 17.4. The van der Waals surface area contributed by atoms with Gasteiger partial charge in [0.2, 0.25) is 10.0 Å². The molecular formula is C18H31NO2S. The molecule has 0 spiro atoms. The zero-order valence-electron chi connectivity index (χ0n) is 15.2. The Morgan fingerprint density at radius 3 is 1.68 bits per heavy atom. The predicted molar refractivity (Wildman–Crippen MR) is 94.4 cm³/mol. The van der Waals surface area contributed by atoms with Gasteiger partial charge in [-0.1, -0.05) is 45.0 Å². The van der Waals surface area contributed by atoms with Crippen molar-refractivity contribution in [3.8, 4) is 0 Å². The second kappa shape index (κ2) is 5.97. The van der Waals surface area contributed by atoms with Gasteiger partial charge in [-0.15, -0.1) is 0 Å². The minimum absolute atomic E-state index is 0.241. The van der Waals surface area contributed by atoms with Gasteiger partial charge in [0.05, 0.1) is 10.3 Å². The molecule has 0 unspecified atom stereocenters. The third-order valence-electron chi connectivity index (χ3n) is 3.61. The van der Waals surface area contributed by atoms with Crippen LogP contribution in [0, 0.1) is 5.41 Å². The standard InChI is InChI=1S/C18H31NO2S/c1-16(2,3)13-14-9-11-15(12-10-14)18(7,8)19-22(20,21)17(4,5)6/h9-12,19H,13H2,1-8H3. The summed E-state index contributed by atoms with van der Waals surface area (Å²) in [6, 6.07) is 8.22. The quantitative estimate of drug-likeness (QED) is 0.900. The largest absolute Gasteiger partial charge is 0.217 e. The van der Waals surface area contributed by atoms with Crippen LogP contribution in [0.1, 0.15) is 66.5 Å². The van der Waals surface area contributed by atoms with Gasteiger partial charge in [0.1, 0.15) is 0 Å². The molecule has 0 saturated heterocycles. The SMILES string of the molecule is CC(C)(C)Cc1ccc(C(C)(C)NS(=O)(=O)C(C)(C)C)cc1. The van der Waals surface area contributed by atoms with E-state index >= 15 is 0 Å². The molecule has 1 aromatic rings. The molecule has 0 fully saturated rings. The smallest absolute Gasteiger partial charge is 0.212 e. The highest BCUT2D eigenvalue weighted by atomic mass is 32.2. The van der Waals surface area contributed by atoms with Gasteiger partial charge in [-0.2, -0.15) is 0 Å². The lowest BCUT2D eigenvalue weighted by Crippen LogP contribution is -2.48. The summed E-state index contributed by atoms with van der Waals surface area (Å²) < 4.78 is 26.8. The lowest BCUT2D eigenvalue weighted by atomic mass is 9.87. The van der Waals surface area contributed by atoms with E-state index in [0.717, 1.165) is 12.0 Å². The molecule has 0 atom stereocenters. The lowest BCUT2D eigenvalue weighted by molar-refractivity contribution is 0.411. The van der Waals surface area contributed by atoms with Crippen LogP contribution in [0.25, 0.3) is 0 Å². The molecule has 0 aromatic heterocycles. The van der Waals surface area contributed by atoms with Crippen molar-refractivity contribution in [2.75, 3.05) is 0 Å². The number of hydrogen-bond donors (Lipinski definition) is 1. The van der Waals surface area contributed by atoms with Crippen molar-refractivity contribution in [3.63, 3.8) is 0 Å². The summed E-state index contributed by atoms with van der Waals surface area (Å²) in [5.74, 6) is 0. The number of hydrogen-bond acceptors (Lipinski definition) is 2. The fourth-order valence-electron chi connectivity index (χ4n) is 2.20. The van der Waals surface area contributed by atoms with Crippen LogP contribution in [0.2, 0.25) is 0 Å². The minimum Gasteiger partial charge on any atom is -0.212 e. The van der Waals surface area contributed by atoms with Gasteiger partial charge in [-0.3, -0.25) is 0 Å². The van der Waals surface area contributed by atoms with E-state index in [2.05, 4.69) is 37.6 Å². The van der Waals surface area contributed by atoms with E-state index in [0.29, 0.717) is 0 Å². The first-order valence-electron chi connectivity index (χ1n) is 7.77. The van der Waals surface area contributed by atoms with Crippen molar-refractivity contribution in [1.29, 1.82) is 0 Å². The summed E-state index contributed by atoms with van der Waals surface area (Å²) in [6.07, 6.45) is 1.00. The van der Waals surface area contributed by atoms with Gasteiger partial charge in [-0.05, 0) is 57.6 Å². The lowest BCUT2D eigenvalue weighted by Gasteiger charge is -2.31. The Bertz CT molecular complexity index is 600. The molecule has 0 radical (unpaired) electrons. The van der Waals surface area contributed by atoms with E-state index in [1.807, 2.05) is 26.0 Å². The third kappa shape index (κ3) is 5.10. The molecule has 0 heterocycles. The Balaban J connectivity index is 3.00. The van der Waals surface area contributed by atoms with Crippen LogP contribution in [0.5, 0.6) is 0 Å². The monoisotopic (exact) mass is 325 g/mol. The summed E-state index contributed by atoms with van der Waals surface area (Å²) in [4.78, 5) is 0. The third-order valence-corrected chi connectivity index (χ3v) is 6.00. The van der Waals surface area contributed by atoms with Gasteiger partial charge in [0.25, 0.3) is 0 Å². The molecular weight excluding hydrogens is 294 g/mol. The average molecular weight is 326 g/mol. The van der Waals surface area contributed by atoms with E-state index in [-0.39, 0.29) is 5.41 Å². The summed E-state index contributed by atoms with van der Waals surface area (Å²) in [5, 5.41) is 0. The molecule has 4 heteroatoms. The van der Waals surface area contributed by atoms with Crippen LogP contribution < -0.4 is 4.72 Å². The molecule has 0 amide bonds. The number of sulfonamides is 1. The number of nitrogens with one attached hydrogen (secondary N) is 1. The Morgan fingerprint density at radius 2 is 1.32 bits per heavy atom. The zero-order valence-corrected chi connectivity index (χ0v) is 16.1.